The summed E-state index contributed by atoms with van der Waals surface area (Å²) in [4.78, 5) is 23.6. The van der Waals surface area contributed by atoms with Crippen molar-refractivity contribution in [3.05, 3.63) is 18.0 Å². The van der Waals surface area contributed by atoms with Gasteiger partial charge >= 0.3 is 0 Å². The summed E-state index contributed by atoms with van der Waals surface area (Å²) in [6.07, 6.45) is 9.31. The van der Waals surface area contributed by atoms with Crippen LogP contribution in [0.5, 0.6) is 0 Å². The maximum Gasteiger partial charge on any atom is 0.225 e. The molecule has 5 nitrogen and oxygen atoms in total. The molecule has 0 saturated carbocycles. The molecule has 0 N–H and O–H groups in total. The highest BCUT2D eigenvalue weighted by molar-refractivity contribution is 7.86. The minimum atomic E-state index is -0.708. The molecule has 3 aliphatic heterocycles. The van der Waals surface area contributed by atoms with Crippen molar-refractivity contribution in [1.29, 1.82) is 0 Å². The van der Waals surface area contributed by atoms with Crippen LogP contribution in [0.3, 0.4) is 0 Å². The number of nitrogens with zero attached hydrogens (tertiary/aromatic N) is 3. The third-order valence-electron chi connectivity index (χ3n) is 5.24. The second-order valence-electron chi connectivity index (χ2n) is 6.65. The molecule has 4 heterocycles. The van der Waals surface area contributed by atoms with Gasteiger partial charge in [0.15, 0.2) is 5.78 Å². The number of carbonyl (C=O) groups is 1. The van der Waals surface area contributed by atoms with E-state index in [4.69, 9.17) is 0 Å². The lowest BCUT2D eigenvalue weighted by molar-refractivity contribution is 0.0905. The summed E-state index contributed by atoms with van der Waals surface area (Å²) in [5.74, 6) is 0.886. The SMILES string of the molecule is O=C(c1cnc(N2CCCC2)nc1)C1CC2CCC(C1)S2=O. The summed E-state index contributed by atoms with van der Waals surface area (Å²) in [5, 5.41) is 0.468. The van der Waals surface area contributed by atoms with E-state index in [-0.39, 0.29) is 22.2 Å². The van der Waals surface area contributed by atoms with E-state index in [1.807, 2.05) is 0 Å². The van der Waals surface area contributed by atoms with Crippen LogP contribution >= 0.6 is 0 Å². The number of hydrogen-bond acceptors (Lipinski definition) is 5. The van der Waals surface area contributed by atoms with Gasteiger partial charge in [-0.1, -0.05) is 0 Å². The second kappa shape index (κ2) is 5.72. The largest absolute Gasteiger partial charge is 0.341 e. The zero-order chi connectivity index (χ0) is 15.1. The summed E-state index contributed by atoms with van der Waals surface area (Å²) in [5.41, 5.74) is 0.611. The zero-order valence-corrected chi connectivity index (χ0v) is 13.4. The molecule has 118 valence electrons. The lowest BCUT2D eigenvalue weighted by Crippen LogP contribution is -2.32. The minimum absolute atomic E-state index is 0.0106. The predicted molar refractivity (Wildman–Crippen MR) is 85.5 cm³/mol. The van der Waals surface area contributed by atoms with Gasteiger partial charge in [-0.2, -0.15) is 0 Å². The Morgan fingerprint density at radius 2 is 1.68 bits per heavy atom. The molecule has 6 heteroatoms. The van der Waals surface area contributed by atoms with E-state index >= 15 is 0 Å². The Labute approximate surface area is 133 Å². The van der Waals surface area contributed by atoms with Crippen molar-refractivity contribution in [1.82, 2.24) is 9.97 Å². The fourth-order valence-corrected chi connectivity index (χ4v) is 6.14. The smallest absolute Gasteiger partial charge is 0.225 e. The number of carbonyl (C=O) groups excluding carboxylic acids is 1. The third-order valence-corrected chi connectivity index (χ3v) is 7.42. The summed E-state index contributed by atoms with van der Waals surface area (Å²) < 4.78 is 12.1. The minimum Gasteiger partial charge on any atom is -0.341 e. The highest BCUT2D eigenvalue weighted by Crippen LogP contribution is 2.39. The lowest BCUT2D eigenvalue weighted by atomic mass is 9.91. The van der Waals surface area contributed by atoms with Gasteiger partial charge in [-0.05, 0) is 38.5 Å². The van der Waals surface area contributed by atoms with Gasteiger partial charge in [0.25, 0.3) is 0 Å². The Kier molecular flexibility index (Phi) is 3.72. The van der Waals surface area contributed by atoms with Crippen LogP contribution < -0.4 is 4.90 Å². The lowest BCUT2D eigenvalue weighted by Gasteiger charge is -2.26. The first kappa shape index (κ1) is 14.3. The van der Waals surface area contributed by atoms with Crippen molar-refractivity contribution in [2.45, 2.75) is 49.0 Å². The van der Waals surface area contributed by atoms with Crippen LogP contribution in [0.15, 0.2) is 12.4 Å². The van der Waals surface area contributed by atoms with Gasteiger partial charge in [-0.25, -0.2) is 9.97 Å². The molecule has 0 amide bonds. The van der Waals surface area contributed by atoms with Crippen molar-refractivity contribution in [2.24, 2.45) is 5.92 Å². The summed E-state index contributed by atoms with van der Waals surface area (Å²) in [6, 6.07) is 0. The molecule has 0 spiro atoms. The molecule has 0 radical (unpaired) electrons. The molecule has 1 aromatic rings. The second-order valence-corrected chi connectivity index (χ2v) is 8.64. The molecular weight excluding hydrogens is 298 g/mol. The molecule has 3 saturated heterocycles. The van der Waals surface area contributed by atoms with E-state index in [1.165, 1.54) is 12.8 Å². The first-order chi connectivity index (χ1) is 10.7. The Hall–Kier alpha value is -1.30. The molecular formula is C16H21N3O2S. The van der Waals surface area contributed by atoms with Crippen LogP contribution in [0, 0.1) is 5.92 Å². The van der Waals surface area contributed by atoms with Gasteiger partial charge in [-0.15, -0.1) is 0 Å². The Morgan fingerprint density at radius 3 is 2.27 bits per heavy atom. The van der Waals surface area contributed by atoms with Crippen molar-refractivity contribution >= 4 is 22.5 Å². The predicted octanol–water partition coefficient (Wildman–Crippen LogP) is 1.95. The number of fused-ring (bicyclic) bond motifs is 2. The Bertz CT molecular complexity index is 582. The number of hydrogen-bond donors (Lipinski definition) is 0. The van der Waals surface area contributed by atoms with Crippen molar-refractivity contribution < 1.29 is 9.00 Å². The van der Waals surface area contributed by atoms with Crippen LogP contribution in [0.25, 0.3) is 0 Å². The normalized spacial score (nSPS) is 34.1. The maximum absolute atomic E-state index is 12.7. The molecule has 3 fully saturated rings. The Morgan fingerprint density at radius 1 is 1.09 bits per heavy atom. The molecule has 22 heavy (non-hydrogen) atoms. The van der Waals surface area contributed by atoms with Gasteiger partial charge in [0.1, 0.15) is 0 Å². The quantitative estimate of drug-likeness (QED) is 0.797. The van der Waals surface area contributed by atoms with Gasteiger partial charge in [0.2, 0.25) is 5.95 Å². The molecule has 0 aromatic carbocycles. The van der Waals surface area contributed by atoms with Crippen LogP contribution in [-0.2, 0) is 10.8 Å². The fourth-order valence-electron chi connectivity index (χ4n) is 4.01. The van der Waals surface area contributed by atoms with Crippen LogP contribution in [0.2, 0.25) is 0 Å². The average Bonchev–Trinajstić information content (AvgIpc) is 3.13. The van der Waals surface area contributed by atoms with Crippen molar-refractivity contribution in [3.8, 4) is 0 Å². The Balaban J connectivity index is 1.47. The molecule has 2 atom stereocenters. The highest BCUT2D eigenvalue weighted by Gasteiger charge is 2.42. The average molecular weight is 319 g/mol. The summed E-state index contributed by atoms with van der Waals surface area (Å²) in [7, 11) is -0.708. The van der Waals surface area contributed by atoms with E-state index in [0.717, 1.165) is 44.7 Å². The third kappa shape index (κ3) is 2.47. The van der Waals surface area contributed by atoms with Gasteiger partial charge < -0.3 is 4.90 Å². The van der Waals surface area contributed by atoms with Gasteiger partial charge in [0.05, 0.1) is 5.56 Å². The number of rotatable bonds is 3. The standard InChI is InChI=1S/C16H21N3O2S/c20-15(11-7-13-3-4-14(8-11)22(13)21)12-9-17-16(18-10-12)19-5-1-2-6-19/h9-11,13-14H,1-8H2. The topological polar surface area (TPSA) is 63.2 Å². The highest BCUT2D eigenvalue weighted by atomic mass is 32.2. The zero-order valence-electron chi connectivity index (χ0n) is 12.6. The molecule has 4 rings (SSSR count). The summed E-state index contributed by atoms with van der Waals surface area (Å²) >= 11 is 0. The van der Waals surface area contributed by atoms with Gasteiger partial charge in [-0.3, -0.25) is 9.00 Å². The van der Waals surface area contributed by atoms with Crippen LogP contribution in [0.1, 0.15) is 48.9 Å². The van der Waals surface area contributed by atoms with Crippen LogP contribution in [-0.4, -0.2) is 43.5 Å². The number of aromatic nitrogens is 2. The summed E-state index contributed by atoms with van der Waals surface area (Å²) in [6.45, 7) is 2.01. The van der Waals surface area contributed by atoms with E-state index in [0.29, 0.717) is 5.56 Å². The van der Waals surface area contributed by atoms with E-state index < -0.39 is 10.8 Å². The van der Waals surface area contributed by atoms with Crippen molar-refractivity contribution in [3.63, 3.8) is 0 Å². The first-order valence-electron chi connectivity index (χ1n) is 8.23. The fraction of sp³-hybridized carbons (Fsp3) is 0.688. The molecule has 2 unspecified atom stereocenters. The monoisotopic (exact) mass is 319 g/mol. The van der Waals surface area contributed by atoms with E-state index in [9.17, 15) is 9.00 Å². The van der Waals surface area contributed by atoms with Gasteiger partial charge in [0, 0.05) is 52.7 Å². The molecule has 2 bridgehead atoms. The van der Waals surface area contributed by atoms with Crippen LogP contribution in [0.4, 0.5) is 5.95 Å². The number of Topliss-reactive ketones (excluding diaryl/α,β-unsaturated/α-hetero) is 1. The van der Waals surface area contributed by atoms with Crippen molar-refractivity contribution in [2.75, 3.05) is 18.0 Å². The van der Waals surface area contributed by atoms with E-state index in [2.05, 4.69) is 14.9 Å². The molecule has 1 aromatic heterocycles. The molecule has 0 aliphatic carbocycles. The number of anilines is 1. The number of ketones is 1. The maximum atomic E-state index is 12.7. The van der Waals surface area contributed by atoms with E-state index in [1.54, 1.807) is 12.4 Å². The molecule has 3 aliphatic rings. The first-order valence-corrected chi connectivity index (χ1v) is 9.50.